The van der Waals surface area contributed by atoms with Gasteiger partial charge in [0.2, 0.25) is 0 Å². The smallest absolute Gasteiger partial charge is 0.360 e. The molecule has 0 N–H and O–H groups in total. The van der Waals surface area contributed by atoms with E-state index in [1.54, 1.807) is 23.2 Å². The second kappa shape index (κ2) is 5.75. The van der Waals surface area contributed by atoms with Crippen molar-refractivity contribution < 1.29 is 9.53 Å². The van der Waals surface area contributed by atoms with Crippen LogP contribution in [0.4, 0.5) is 0 Å². The molecule has 0 amide bonds. The lowest BCUT2D eigenvalue weighted by Gasteiger charge is -2.00. The average Bonchev–Trinajstić information content (AvgIpc) is 2.68. The zero-order chi connectivity index (χ0) is 13.1. The van der Waals surface area contributed by atoms with E-state index in [4.69, 9.17) is 4.74 Å². The Kier molecular flexibility index (Phi) is 4.29. The van der Waals surface area contributed by atoms with Crippen LogP contribution in [0.15, 0.2) is 27.7 Å². The summed E-state index contributed by atoms with van der Waals surface area (Å²) in [6.45, 7) is 4.19. The molecule has 0 aliphatic rings. The summed E-state index contributed by atoms with van der Waals surface area (Å²) < 4.78 is 7.66. The zero-order valence-electron chi connectivity index (χ0n) is 10.1. The third-order valence-corrected chi connectivity index (χ3v) is 3.75. The molecule has 0 fully saturated rings. The Bertz CT molecular complexity index is 583. The van der Waals surface area contributed by atoms with Crippen LogP contribution in [0.25, 0.3) is 5.52 Å². The quantitative estimate of drug-likeness (QED) is 0.637. The Morgan fingerprint density at radius 1 is 1.50 bits per heavy atom. The molecule has 2 heterocycles. The van der Waals surface area contributed by atoms with Gasteiger partial charge in [-0.1, -0.05) is 6.92 Å². The number of fused-ring (bicyclic) bond motifs is 1. The molecular weight excluding hydrogens is 316 g/mol. The molecule has 0 atom stereocenters. The molecule has 0 aliphatic carbocycles. The summed E-state index contributed by atoms with van der Waals surface area (Å²) in [7, 11) is 0. The number of thioether (sulfide) groups is 1. The van der Waals surface area contributed by atoms with Crippen LogP contribution in [0.5, 0.6) is 0 Å². The molecule has 0 aliphatic heterocycles. The Hall–Kier alpha value is -1.01. The molecule has 18 heavy (non-hydrogen) atoms. The van der Waals surface area contributed by atoms with E-state index in [1.807, 2.05) is 25.3 Å². The SMILES string of the molecule is CCOC(=O)c1nn2cc(Br)ccc2c1SCC. The van der Waals surface area contributed by atoms with Crippen molar-refractivity contribution in [3.05, 3.63) is 28.5 Å². The first-order valence-electron chi connectivity index (χ1n) is 5.65. The molecule has 2 rings (SSSR count). The maximum absolute atomic E-state index is 11.9. The Labute approximate surface area is 118 Å². The van der Waals surface area contributed by atoms with Crippen molar-refractivity contribution >= 4 is 39.2 Å². The highest BCUT2D eigenvalue weighted by Crippen LogP contribution is 2.29. The Balaban J connectivity index is 2.56. The van der Waals surface area contributed by atoms with Crippen LogP contribution in [-0.2, 0) is 4.74 Å². The number of aromatic nitrogens is 2. The summed E-state index contributed by atoms with van der Waals surface area (Å²) in [5, 5.41) is 4.30. The van der Waals surface area contributed by atoms with E-state index in [2.05, 4.69) is 21.0 Å². The van der Waals surface area contributed by atoms with E-state index in [9.17, 15) is 4.79 Å². The van der Waals surface area contributed by atoms with Crippen LogP contribution in [0.2, 0.25) is 0 Å². The monoisotopic (exact) mass is 328 g/mol. The van der Waals surface area contributed by atoms with Gasteiger partial charge in [0, 0.05) is 10.7 Å². The first-order valence-corrected chi connectivity index (χ1v) is 7.43. The largest absolute Gasteiger partial charge is 0.461 e. The minimum atomic E-state index is -0.367. The number of pyridine rings is 1. The predicted molar refractivity (Wildman–Crippen MR) is 75.2 cm³/mol. The van der Waals surface area contributed by atoms with Crippen molar-refractivity contribution in [3.63, 3.8) is 0 Å². The fourth-order valence-electron chi connectivity index (χ4n) is 1.62. The molecule has 0 unspecified atom stereocenters. The number of hydrogen-bond acceptors (Lipinski definition) is 4. The minimum Gasteiger partial charge on any atom is -0.461 e. The normalized spacial score (nSPS) is 10.8. The van der Waals surface area contributed by atoms with Gasteiger partial charge in [-0.25, -0.2) is 9.31 Å². The number of halogens is 1. The molecule has 6 heteroatoms. The van der Waals surface area contributed by atoms with E-state index in [0.717, 1.165) is 20.6 Å². The highest BCUT2D eigenvalue weighted by atomic mass is 79.9. The molecule has 2 aromatic rings. The van der Waals surface area contributed by atoms with Crippen molar-refractivity contribution in [1.82, 2.24) is 9.61 Å². The number of carbonyl (C=O) groups excluding carboxylic acids is 1. The van der Waals surface area contributed by atoms with Gasteiger partial charge in [-0.3, -0.25) is 0 Å². The number of carbonyl (C=O) groups is 1. The summed E-state index contributed by atoms with van der Waals surface area (Å²) in [5.41, 5.74) is 1.31. The number of esters is 1. The van der Waals surface area contributed by atoms with Gasteiger partial charge >= 0.3 is 5.97 Å². The zero-order valence-corrected chi connectivity index (χ0v) is 12.5. The minimum absolute atomic E-state index is 0.354. The lowest BCUT2D eigenvalue weighted by molar-refractivity contribution is 0.0515. The van der Waals surface area contributed by atoms with E-state index in [-0.39, 0.29) is 5.97 Å². The highest BCUT2D eigenvalue weighted by molar-refractivity contribution is 9.10. The van der Waals surface area contributed by atoms with Gasteiger partial charge in [0.25, 0.3) is 0 Å². The van der Waals surface area contributed by atoms with Gasteiger partial charge in [-0.2, -0.15) is 5.10 Å². The first kappa shape index (κ1) is 13.4. The second-order valence-electron chi connectivity index (χ2n) is 3.51. The third kappa shape index (κ3) is 2.54. The number of ether oxygens (including phenoxy) is 1. The van der Waals surface area contributed by atoms with E-state index < -0.39 is 0 Å². The van der Waals surface area contributed by atoms with E-state index >= 15 is 0 Å². The van der Waals surface area contributed by atoms with Crippen LogP contribution in [0.1, 0.15) is 24.3 Å². The Morgan fingerprint density at radius 3 is 2.94 bits per heavy atom. The summed E-state index contributed by atoms with van der Waals surface area (Å²) in [5.74, 6) is 0.511. The summed E-state index contributed by atoms with van der Waals surface area (Å²) in [6, 6.07) is 3.88. The van der Waals surface area contributed by atoms with E-state index in [0.29, 0.717) is 12.3 Å². The molecule has 2 aromatic heterocycles. The maximum Gasteiger partial charge on any atom is 0.360 e. The summed E-state index contributed by atoms with van der Waals surface area (Å²) >= 11 is 4.99. The summed E-state index contributed by atoms with van der Waals surface area (Å²) in [4.78, 5) is 12.7. The number of hydrogen-bond donors (Lipinski definition) is 0. The highest BCUT2D eigenvalue weighted by Gasteiger charge is 2.20. The molecule has 0 radical (unpaired) electrons. The molecule has 0 bridgehead atoms. The van der Waals surface area contributed by atoms with E-state index in [1.165, 1.54) is 0 Å². The molecule has 0 spiro atoms. The van der Waals surface area contributed by atoms with Crippen LogP contribution < -0.4 is 0 Å². The topological polar surface area (TPSA) is 43.6 Å². The fraction of sp³-hybridized carbons (Fsp3) is 0.333. The summed E-state index contributed by atoms with van der Waals surface area (Å²) in [6.07, 6.45) is 1.83. The third-order valence-electron chi connectivity index (χ3n) is 2.31. The predicted octanol–water partition coefficient (Wildman–Crippen LogP) is 3.39. The standard InChI is InChI=1S/C12H13BrN2O2S/c1-3-17-12(16)10-11(18-4-2)9-6-5-8(13)7-15(9)14-10/h5-7H,3-4H2,1-2H3. The van der Waals surface area contributed by atoms with Gasteiger partial charge in [0.15, 0.2) is 5.69 Å². The van der Waals surface area contributed by atoms with Crippen molar-refractivity contribution in [2.75, 3.05) is 12.4 Å². The van der Waals surface area contributed by atoms with Crippen molar-refractivity contribution in [1.29, 1.82) is 0 Å². The maximum atomic E-state index is 11.9. The van der Waals surface area contributed by atoms with Crippen molar-refractivity contribution in [2.24, 2.45) is 0 Å². The molecule has 96 valence electrons. The molecule has 0 saturated heterocycles. The molecule has 0 saturated carbocycles. The average molecular weight is 329 g/mol. The van der Waals surface area contributed by atoms with Crippen molar-refractivity contribution in [2.45, 2.75) is 18.7 Å². The van der Waals surface area contributed by atoms with Gasteiger partial charge < -0.3 is 4.74 Å². The Morgan fingerprint density at radius 2 is 2.28 bits per heavy atom. The lowest BCUT2D eigenvalue weighted by atomic mass is 10.3. The van der Waals surface area contributed by atoms with Gasteiger partial charge in [-0.15, -0.1) is 11.8 Å². The number of nitrogens with zero attached hydrogens (tertiary/aromatic N) is 2. The molecule has 4 nitrogen and oxygen atoms in total. The lowest BCUT2D eigenvalue weighted by Crippen LogP contribution is -2.06. The van der Waals surface area contributed by atoms with Crippen molar-refractivity contribution in [3.8, 4) is 0 Å². The molecule has 0 aromatic carbocycles. The first-order chi connectivity index (χ1) is 8.67. The van der Waals surface area contributed by atoms with Crippen LogP contribution in [0, 0.1) is 0 Å². The van der Waals surface area contributed by atoms with Crippen LogP contribution in [0.3, 0.4) is 0 Å². The van der Waals surface area contributed by atoms with Gasteiger partial charge in [0.1, 0.15) is 0 Å². The van der Waals surface area contributed by atoms with Crippen LogP contribution >= 0.6 is 27.7 Å². The molecular formula is C12H13BrN2O2S. The van der Waals surface area contributed by atoms with Gasteiger partial charge in [0.05, 0.1) is 17.0 Å². The number of rotatable bonds is 4. The van der Waals surface area contributed by atoms with Crippen LogP contribution in [-0.4, -0.2) is 27.9 Å². The van der Waals surface area contributed by atoms with Gasteiger partial charge in [-0.05, 0) is 40.7 Å². The fourth-order valence-corrected chi connectivity index (χ4v) is 2.81. The second-order valence-corrected chi connectivity index (χ2v) is 5.70.